The van der Waals surface area contributed by atoms with E-state index < -0.39 is 0 Å². The number of rotatable bonds is 17. The van der Waals surface area contributed by atoms with Gasteiger partial charge in [0.25, 0.3) is 0 Å². The highest BCUT2D eigenvalue weighted by atomic mass is 16.5. The summed E-state index contributed by atoms with van der Waals surface area (Å²) >= 11 is 0. The first kappa shape index (κ1) is 23.9. The standard InChI is InChI=1S/C21H40O4/c1-4-5-6-7-10-13-16-20(25-19(2)22)17-14-11-8-9-12-15-18-21(23)24-3/h20H,4-18H2,1-3H3. The van der Waals surface area contributed by atoms with Crippen LogP contribution in [-0.2, 0) is 19.1 Å². The molecule has 0 aliphatic heterocycles. The lowest BCUT2D eigenvalue weighted by atomic mass is 10.0. The predicted molar refractivity (Wildman–Crippen MR) is 102 cm³/mol. The molecule has 0 aromatic heterocycles. The summed E-state index contributed by atoms with van der Waals surface area (Å²) in [6.07, 6.45) is 16.9. The van der Waals surface area contributed by atoms with Gasteiger partial charge in [-0.15, -0.1) is 0 Å². The average Bonchev–Trinajstić information content (AvgIpc) is 2.59. The molecule has 0 saturated heterocycles. The molecular formula is C21H40O4. The van der Waals surface area contributed by atoms with E-state index in [9.17, 15) is 9.59 Å². The van der Waals surface area contributed by atoms with Crippen molar-refractivity contribution in [2.75, 3.05) is 7.11 Å². The van der Waals surface area contributed by atoms with Gasteiger partial charge in [-0.25, -0.2) is 0 Å². The number of unbranched alkanes of at least 4 members (excludes halogenated alkanes) is 10. The van der Waals surface area contributed by atoms with Crippen LogP contribution in [0.25, 0.3) is 0 Å². The maximum absolute atomic E-state index is 11.3. The summed E-state index contributed by atoms with van der Waals surface area (Å²) in [5, 5.41) is 0. The van der Waals surface area contributed by atoms with Crippen molar-refractivity contribution >= 4 is 11.9 Å². The first-order valence-corrected chi connectivity index (χ1v) is 10.3. The molecule has 0 aliphatic rings. The average molecular weight is 357 g/mol. The van der Waals surface area contributed by atoms with Crippen molar-refractivity contribution in [3.8, 4) is 0 Å². The van der Waals surface area contributed by atoms with Crippen molar-refractivity contribution < 1.29 is 19.1 Å². The Kier molecular flexibility index (Phi) is 17.0. The number of hydrogen-bond acceptors (Lipinski definition) is 4. The maximum Gasteiger partial charge on any atom is 0.305 e. The van der Waals surface area contributed by atoms with Crippen LogP contribution in [-0.4, -0.2) is 25.2 Å². The fraction of sp³-hybridized carbons (Fsp3) is 0.905. The Balaban J connectivity index is 3.64. The van der Waals surface area contributed by atoms with Crippen LogP contribution in [0, 0.1) is 0 Å². The van der Waals surface area contributed by atoms with Gasteiger partial charge in [0, 0.05) is 13.3 Å². The summed E-state index contributed by atoms with van der Waals surface area (Å²) in [4.78, 5) is 22.3. The van der Waals surface area contributed by atoms with Gasteiger partial charge in [-0.2, -0.15) is 0 Å². The second-order valence-corrected chi connectivity index (χ2v) is 7.02. The Labute approximate surface area is 155 Å². The highest BCUT2D eigenvalue weighted by molar-refractivity contribution is 5.68. The molecule has 1 atom stereocenters. The van der Waals surface area contributed by atoms with E-state index in [1.165, 1.54) is 59.0 Å². The van der Waals surface area contributed by atoms with Crippen molar-refractivity contribution in [3.63, 3.8) is 0 Å². The molecule has 4 heteroatoms. The number of carbonyl (C=O) groups is 2. The number of esters is 2. The third-order valence-corrected chi connectivity index (χ3v) is 4.60. The summed E-state index contributed by atoms with van der Waals surface area (Å²) in [6.45, 7) is 3.74. The molecule has 1 unspecified atom stereocenters. The lowest BCUT2D eigenvalue weighted by molar-refractivity contribution is -0.147. The minimum absolute atomic E-state index is 0.1000. The third kappa shape index (κ3) is 17.6. The van der Waals surface area contributed by atoms with Crippen molar-refractivity contribution in [2.24, 2.45) is 0 Å². The Morgan fingerprint density at radius 2 is 1.24 bits per heavy atom. The van der Waals surface area contributed by atoms with Crippen LogP contribution in [0.1, 0.15) is 110 Å². The smallest absolute Gasteiger partial charge is 0.305 e. The molecule has 0 saturated carbocycles. The SMILES string of the molecule is CCCCCCCCC(CCCCCCCCC(=O)OC)OC(C)=O. The number of carbonyl (C=O) groups excluding carboxylic acids is 2. The van der Waals surface area contributed by atoms with Gasteiger partial charge < -0.3 is 9.47 Å². The van der Waals surface area contributed by atoms with Gasteiger partial charge in [-0.3, -0.25) is 9.59 Å². The first-order valence-electron chi connectivity index (χ1n) is 10.3. The molecule has 0 radical (unpaired) electrons. The molecule has 0 bridgehead atoms. The minimum Gasteiger partial charge on any atom is -0.469 e. The van der Waals surface area contributed by atoms with E-state index in [4.69, 9.17) is 4.74 Å². The Morgan fingerprint density at radius 1 is 0.760 bits per heavy atom. The largest absolute Gasteiger partial charge is 0.469 e. The number of methoxy groups -OCH3 is 1. The molecule has 0 rings (SSSR count). The molecule has 0 N–H and O–H groups in total. The Morgan fingerprint density at radius 3 is 1.72 bits per heavy atom. The van der Waals surface area contributed by atoms with E-state index in [2.05, 4.69) is 11.7 Å². The van der Waals surface area contributed by atoms with E-state index in [0.29, 0.717) is 6.42 Å². The van der Waals surface area contributed by atoms with Crippen LogP contribution in [0.15, 0.2) is 0 Å². The van der Waals surface area contributed by atoms with E-state index in [1.54, 1.807) is 0 Å². The van der Waals surface area contributed by atoms with Crippen LogP contribution in [0.3, 0.4) is 0 Å². The molecule has 0 heterocycles. The van der Waals surface area contributed by atoms with Gasteiger partial charge in [0.05, 0.1) is 7.11 Å². The van der Waals surface area contributed by atoms with E-state index in [-0.39, 0.29) is 18.0 Å². The summed E-state index contributed by atoms with van der Waals surface area (Å²) in [6, 6.07) is 0. The van der Waals surface area contributed by atoms with Crippen LogP contribution >= 0.6 is 0 Å². The molecule has 0 amide bonds. The first-order chi connectivity index (χ1) is 12.1. The molecule has 0 aromatic carbocycles. The zero-order valence-corrected chi connectivity index (χ0v) is 16.8. The second-order valence-electron chi connectivity index (χ2n) is 7.02. The maximum atomic E-state index is 11.3. The van der Waals surface area contributed by atoms with Crippen LogP contribution in [0.5, 0.6) is 0 Å². The summed E-state index contributed by atoms with van der Waals surface area (Å²) in [7, 11) is 1.44. The molecule has 0 aromatic rings. The van der Waals surface area contributed by atoms with Gasteiger partial charge in [-0.05, 0) is 32.1 Å². The molecular weight excluding hydrogens is 316 g/mol. The second kappa shape index (κ2) is 17.8. The molecule has 4 nitrogen and oxygen atoms in total. The molecule has 0 fully saturated rings. The van der Waals surface area contributed by atoms with Crippen molar-refractivity contribution in [1.82, 2.24) is 0 Å². The van der Waals surface area contributed by atoms with E-state index in [1.807, 2.05) is 0 Å². The summed E-state index contributed by atoms with van der Waals surface area (Å²) < 4.78 is 10.1. The highest BCUT2D eigenvalue weighted by Crippen LogP contribution is 2.17. The van der Waals surface area contributed by atoms with Crippen molar-refractivity contribution in [2.45, 2.75) is 116 Å². The van der Waals surface area contributed by atoms with Crippen molar-refractivity contribution in [1.29, 1.82) is 0 Å². The zero-order valence-electron chi connectivity index (χ0n) is 16.8. The number of hydrogen-bond donors (Lipinski definition) is 0. The Bertz CT molecular complexity index is 328. The normalized spacial score (nSPS) is 12.0. The predicted octanol–water partition coefficient (Wildman–Crippen LogP) is 5.96. The molecule has 148 valence electrons. The van der Waals surface area contributed by atoms with Crippen molar-refractivity contribution in [3.05, 3.63) is 0 Å². The minimum atomic E-state index is -0.154. The van der Waals surface area contributed by atoms with Crippen LogP contribution in [0.4, 0.5) is 0 Å². The van der Waals surface area contributed by atoms with E-state index >= 15 is 0 Å². The summed E-state index contributed by atoms with van der Waals surface area (Å²) in [5.74, 6) is -0.266. The topological polar surface area (TPSA) is 52.6 Å². The fourth-order valence-corrected chi connectivity index (χ4v) is 3.10. The lowest BCUT2D eigenvalue weighted by Crippen LogP contribution is -2.16. The molecule has 0 aliphatic carbocycles. The Hall–Kier alpha value is -1.06. The highest BCUT2D eigenvalue weighted by Gasteiger charge is 2.11. The van der Waals surface area contributed by atoms with E-state index in [0.717, 1.165) is 44.9 Å². The van der Waals surface area contributed by atoms with Crippen LogP contribution in [0.2, 0.25) is 0 Å². The van der Waals surface area contributed by atoms with Gasteiger partial charge >= 0.3 is 11.9 Å². The zero-order chi connectivity index (χ0) is 18.8. The van der Waals surface area contributed by atoms with Gasteiger partial charge in [0.2, 0.25) is 0 Å². The quantitative estimate of drug-likeness (QED) is 0.238. The fourth-order valence-electron chi connectivity index (χ4n) is 3.10. The van der Waals surface area contributed by atoms with Gasteiger partial charge in [0.1, 0.15) is 6.10 Å². The van der Waals surface area contributed by atoms with Gasteiger partial charge in [0.15, 0.2) is 0 Å². The van der Waals surface area contributed by atoms with Crippen LogP contribution < -0.4 is 0 Å². The monoisotopic (exact) mass is 356 g/mol. The number of ether oxygens (including phenoxy) is 2. The molecule has 0 spiro atoms. The summed E-state index contributed by atoms with van der Waals surface area (Å²) in [5.41, 5.74) is 0. The third-order valence-electron chi connectivity index (χ3n) is 4.60. The lowest BCUT2D eigenvalue weighted by Gasteiger charge is -2.17. The molecule has 25 heavy (non-hydrogen) atoms. The van der Waals surface area contributed by atoms with Gasteiger partial charge in [-0.1, -0.05) is 64.7 Å².